The summed E-state index contributed by atoms with van der Waals surface area (Å²) in [6, 6.07) is 6.46. The molecular weight excluding hydrogens is 308 g/mol. The lowest BCUT2D eigenvalue weighted by molar-refractivity contribution is -0.134. The summed E-state index contributed by atoms with van der Waals surface area (Å²) >= 11 is 0. The number of hydrogen-bond donors (Lipinski definition) is 1. The molecule has 2 aliphatic rings. The topological polar surface area (TPSA) is 75.7 Å². The van der Waals surface area contributed by atoms with Gasteiger partial charge in [-0.05, 0) is 36.5 Å². The largest absolute Gasteiger partial charge is 0.465 e. The maximum absolute atomic E-state index is 12.9. The van der Waals surface area contributed by atoms with Crippen molar-refractivity contribution >= 4 is 17.9 Å². The molecule has 3 amide bonds. The van der Waals surface area contributed by atoms with Gasteiger partial charge in [0.05, 0.1) is 19.2 Å². The fraction of sp³-hybridized carbons (Fsp3) is 0.500. The highest BCUT2D eigenvalue weighted by Crippen LogP contribution is 2.38. The van der Waals surface area contributed by atoms with E-state index in [-0.39, 0.29) is 24.4 Å². The number of hydrogen-bond acceptors (Lipinski definition) is 4. The maximum Gasteiger partial charge on any atom is 0.337 e. The van der Waals surface area contributed by atoms with Crippen LogP contribution in [0.3, 0.4) is 0 Å². The van der Waals surface area contributed by atoms with Crippen molar-refractivity contribution in [1.29, 1.82) is 0 Å². The zero-order valence-corrected chi connectivity index (χ0v) is 14.0. The number of ether oxygens (including phenoxy) is 1. The predicted molar refractivity (Wildman–Crippen MR) is 87.2 cm³/mol. The molecule has 1 aliphatic heterocycles. The third-order valence-electron chi connectivity index (χ3n) is 5.19. The zero-order valence-electron chi connectivity index (χ0n) is 14.0. The molecule has 0 unspecified atom stereocenters. The summed E-state index contributed by atoms with van der Waals surface area (Å²) in [6.45, 7) is 2.18. The second kappa shape index (κ2) is 6.26. The lowest BCUT2D eigenvalue weighted by atomic mass is 9.73. The number of esters is 1. The first-order valence-electron chi connectivity index (χ1n) is 8.29. The molecule has 1 saturated carbocycles. The molecule has 0 bridgehead atoms. The Morgan fingerprint density at radius 1 is 1.38 bits per heavy atom. The van der Waals surface area contributed by atoms with Gasteiger partial charge < -0.3 is 10.1 Å². The van der Waals surface area contributed by atoms with E-state index < -0.39 is 11.5 Å². The van der Waals surface area contributed by atoms with Crippen molar-refractivity contribution in [2.75, 3.05) is 7.11 Å². The lowest BCUT2D eigenvalue weighted by Crippen LogP contribution is -2.53. The van der Waals surface area contributed by atoms with Crippen molar-refractivity contribution in [3.8, 4) is 0 Å². The van der Waals surface area contributed by atoms with Gasteiger partial charge >= 0.3 is 12.0 Å². The summed E-state index contributed by atoms with van der Waals surface area (Å²) in [7, 11) is 1.32. The van der Waals surface area contributed by atoms with Crippen LogP contribution in [0.4, 0.5) is 4.79 Å². The standard InChI is InChI=1S/C18H22N2O4/c1-12-6-3-4-9-18(12)16(22)20(17(23)19-18)11-13-7-5-8-14(10-13)15(21)24-2/h5,7-8,10,12H,3-4,6,9,11H2,1-2H3,(H,19,23)/t12-,18-/m1/s1. The van der Waals surface area contributed by atoms with Crippen LogP contribution in [-0.4, -0.2) is 35.5 Å². The number of benzene rings is 1. The molecule has 0 aromatic heterocycles. The van der Waals surface area contributed by atoms with E-state index >= 15 is 0 Å². The Morgan fingerprint density at radius 2 is 2.17 bits per heavy atom. The summed E-state index contributed by atoms with van der Waals surface area (Å²) in [6.07, 6.45) is 3.67. The number of urea groups is 1. The Bertz CT molecular complexity index is 687. The molecule has 2 atom stereocenters. The fourth-order valence-corrected chi connectivity index (χ4v) is 3.74. The minimum Gasteiger partial charge on any atom is -0.465 e. The summed E-state index contributed by atoms with van der Waals surface area (Å²) in [5.41, 5.74) is 0.375. The van der Waals surface area contributed by atoms with Crippen LogP contribution in [0.2, 0.25) is 0 Å². The van der Waals surface area contributed by atoms with Gasteiger partial charge in [-0.1, -0.05) is 31.9 Å². The first kappa shape index (κ1) is 16.5. The summed E-state index contributed by atoms with van der Waals surface area (Å²) < 4.78 is 4.71. The third kappa shape index (κ3) is 2.66. The SMILES string of the molecule is COC(=O)c1cccc(CN2C(=O)N[C@@]3(CCCC[C@H]3C)C2=O)c1. The van der Waals surface area contributed by atoms with Crippen molar-refractivity contribution in [1.82, 2.24) is 10.2 Å². The Labute approximate surface area is 141 Å². The van der Waals surface area contributed by atoms with Crippen molar-refractivity contribution in [2.45, 2.75) is 44.7 Å². The van der Waals surface area contributed by atoms with Crippen LogP contribution in [0.5, 0.6) is 0 Å². The van der Waals surface area contributed by atoms with E-state index in [4.69, 9.17) is 4.74 Å². The van der Waals surface area contributed by atoms with Gasteiger partial charge in [0.1, 0.15) is 5.54 Å². The van der Waals surface area contributed by atoms with E-state index in [0.717, 1.165) is 24.8 Å². The molecule has 1 saturated heterocycles. The molecule has 1 heterocycles. The average molecular weight is 330 g/mol. The van der Waals surface area contributed by atoms with Crippen LogP contribution in [0, 0.1) is 5.92 Å². The molecule has 2 fully saturated rings. The summed E-state index contributed by atoms with van der Waals surface area (Å²) in [5.74, 6) is -0.455. The third-order valence-corrected chi connectivity index (χ3v) is 5.19. The molecule has 24 heavy (non-hydrogen) atoms. The highest BCUT2D eigenvalue weighted by Gasteiger charge is 2.54. The van der Waals surface area contributed by atoms with Gasteiger partial charge in [-0.2, -0.15) is 0 Å². The molecule has 1 aromatic carbocycles. The highest BCUT2D eigenvalue weighted by molar-refractivity contribution is 6.07. The molecule has 0 radical (unpaired) electrons. The van der Waals surface area contributed by atoms with Crippen LogP contribution in [0.1, 0.15) is 48.5 Å². The Kier molecular flexibility index (Phi) is 4.30. The van der Waals surface area contributed by atoms with Crippen LogP contribution in [0.15, 0.2) is 24.3 Å². The molecule has 1 aromatic rings. The van der Waals surface area contributed by atoms with Gasteiger partial charge in [0.15, 0.2) is 0 Å². The number of rotatable bonds is 3. The lowest BCUT2D eigenvalue weighted by Gasteiger charge is -2.36. The number of methoxy groups -OCH3 is 1. The molecule has 1 aliphatic carbocycles. The number of nitrogens with one attached hydrogen (secondary N) is 1. The van der Waals surface area contributed by atoms with E-state index in [1.54, 1.807) is 24.3 Å². The number of imide groups is 1. The van der Waals surface area contributed by atoms with Crippen molar-refractivity contribution in [3.63, 3.8) is 0 Å². The van der Waals surface area contributed by atoms with Gasteiger partial charge in [-0.3, -0.25) is 9.69 Å². The molecule has 3 rings (SSSR count). The van der Waals surface area contributed by atoms with Gasteiger partial charge in [0.2, 0.25) is 0 Å². The molecule has 6 nitrogen and oxygen atoms in total. The smallest absolute Gasteiger partial charge is 0.337 e. The first-order valence-corrected chi connectivity index (χ1v) is 8.29. The minimum absolute atomic E-state index is 0.133. The fourth-order valence-electron chi connectivity index (χ4n) is 3.74. The highest BCUT2D eigenvalue weighted by atomic mass is 16.5. The van der Waals surface area contributed by atoms with Crippen molar-refractivity contribution < 1.29 is 19.1 Å². The zero-order chi connectivity index (χ0) is 17.3. The van der Waals surface area contributed by atoms with Gasteiger partial charge in [-0.25, -0.2) is 9.59 Å². The molecule has 128 valence electrons. The van der Waals surface area contributed by atoms with E-state index in [1.165, 1.54) is 12.0 Å². The first-order chi connectivity index (χ1) is 11.5. The second-order valence-electron chi connectivity index (χ2n) is 6.63. The van der Waals surface area contributed by atoms with Gasteiger partial charge in [0.25, 0.3) is 5.91 Å². The summed E-state index contributed by atoms with van der Waals surface area (Å²) in [4.78, 5) is 38.2. The Morgan fingerprint density at radius 3 is 2.88 bits per heavy atom. The van der Waals surface area contributed by atoms with E-state index in [9.17, 15) is 14.4 Å². The van der Waals surface area contributed by atoms with E-state index in [0.29, 0.717) is 12.0 Å². The predicted octanol–water partition coefficient (Wildman–Crippen LogP) is 2.47. The van der Waals surface area contributed by atoms with E-state index in [2.05, 4.69) is 5.32 Å². The quantitative estimate of drug-likeness (QED) is 0.682. The molecule has 1 N–H and O–H groups in total. The van der Waals surface area contributed by atoms with E-state index in [1.807, 2.05) is 6.92 Å². The Hall–Kier alpha value is -2.37. The molecular formula is C18H22N2O4. The van der Waals surface area contributed by atoms with Crippen molar-refractivity contribution in [2.24, 2.45) is 5.92 Å². The van der Waals surface area contributed by atoms with Crippen LogP contribution in [0.25, 0.3) is 0 Å². The summed E-state index contributed by atoms with van der Waals surface area (Å²) in [5, 5.41) is 2.93. The van der Waals surface area contributed by atoms with Gasteiger partial charge in [-0.15, -0.1) is 0 Å². The average Bonchev–Trinajstić information content (AvgIpc) is 2.82. The maximum atomic E-state index is 12.9. The van der Waals surface area contributed by atoms with Gasteiger partial charge in [0, 0.05) is 0 Å². The second-order valence-corrected chi connectivity index (χ2v) is 6.63. The van der Waals surface area contributed by atoms with Crippen molar-refractivity contribution in [3.05, 3.63) is 35.4 Å². The van der Waals surface area contributed by atoms with Crippen LogP contribution in [-0.2, 0) is 16.1 Å². The Balaban J connectivity index is 1.82. The van der Waals surface area contributed by atoms with Crippen LogP contribution >= 0.6 is 0 Å². The molecule has 1 spiro atoms. The minimum atomic E-state index is -0.755. The normalized spacial score (nSPS) is 26.6. The monoisotopic (exact) mass is 330 g/mol. The number of nitrogens with zero attached hydrogens (tertiary/aromatic N) is 1. The number of carbonyl (C=O) groups excluding carboxylic acids is 3. The number of carbonyl (C=O) groups is 3. The molecule has 6 heteroatoms. The van der Waals surface area contributed by atoms with Crippen LogP contribution < -0.4 is 5.32 Å². The number of amides is 3.